The van der Waals surface area contributed by atoms with Gasteiger partial charge in [0.2, 0.25) is 0 Å². The smallest absolute Gasteiger partial charge is 0.164 e. The molecular formula is C49H30N4O. The fraction of sp³-hybridized carbons (Fsp3) is 0. The highest BCUT2D eigenvalue weighted by Crippen LogP contribution is 2.44. The molecule has 0 aliphatic heterocycles. The second-order valence-electron chi connectivity index (χ2n) is 13.6. The van der Waals surface area contributed by atoms with Gasteiger partial charge in [-0.05, 0) is 58.3 Å². The lowest BCUT2D eigenvalue weighted by atomic mass is 9.99. The van der Waals surface area contributed by atoms with Gasteiger partial charge in [0.1, 0.15) is 11.2 Å². The number of furan rings is 1. The molecule has 5 nitrogen and oxygen atoms in total. The average Bonchev–Trinajstić information content (AvgIpc) is 3.79. The zero-order chi connectivity index (χ0) is 35.6. The van der Waals surface area contributed by atoms with Crippen LogP contribution in [-0.4, -0.2) is 19.5 Å². The number of para-hydroxylation sites is 1. The van der Waals surface area contributed by atoms with E-state index >= 15 is 0 Å². The Labute approximate surface area is 310 Å². The van der Waals surface area contributed by atoms with E-state index in [0.717, 1.165) is 66.5 Å². The molecule has 8 aromatic carbocycles. The van der Waals surface area contributed by atoms with E-state index < -0.39 is 0 Å². The predicted octanol–water partition coefficient (Wildman–Crippen LogP) is 12.7. The molecule has 54 heavy (non-hydrogen) atoms. The summed E-state index contributed by atoms with van der Waals surface area (Å²) in [5.74, 6) is 1.82. The van der Waals surface area contributed by atoms with Crippen LogP contribution < -0.4 is 0 Å². The summed E-state index contributed by atoms with van der Waals surface area (Å²) < 4.78 is 9.27. The van der Waals surface area contributed by atoms with Gasteiger partial charge < -0.3 is 8.98 Å². The Bertz CT molecular complexity index is 3140. The topological polar surface area (TPSA) is 56.7 Å². The number of nitrogens with zero attached hydrogens (tertiary/aromatic N) is 4. The summed E-state index contributed by atoms with van der Waals surface area (Å²) in [5, 5.41) is 6.76. The van der Waals surface area contributed by atoms with Crippen molar-refractivity contribution >= 4 is 54.5 Å². The van der Waals surface area contributed by atoms with Crippen LogP contribution in [0.5, 0.6) is 0 Å². The predicted molar refractivity (Wildman–Crippen MR) is 221 cm³/mol. The summed E-state index contributed by atoms with van der Waals surface area (Å²) in [6, 6.07) is 63.3. The van der Waals surface area contributed by atoms with Gasteiger partial charge in [0.05, 0.1) is 22.1 Å². The summed E-state index contributed by atoms with van der Waals surface area (Å²) in [5.41, 5.74) is 9.76. The first-order valence-corrected chi connectivity index (χ1v) is 18.1. The minimum Gasteiger partial charge on any atom is -0.456 e. The third-order valence-corrected chi connectivity index (χ3v) is 10.4. The van der Waals surface area contributed by atoms with Gasteiger partial charge in [-0.1, -0.05) is 146 Å². The van der Waals surface area contributed by atoms with Gasteiger partial charge >= 0.3 is 0 Å². The first-order chi connectivity index (χ1) is 26.8. The van der Waals surface area contributed by atoms with Crippen molar-refractivity contribution in [2.75, 3.05) is 0 Å². The van der Waals surface area contributed by atoms with Crippen molar-refractivity contribution in [3.8, 4) is 51.0 Å². The minimum atomic E-state index is 0.585. The molecule has 0 saturated heterocycles. The van der Waals surface area contributed by atoms with E-state index in [-0.39, 0.29) is 0 Å². The highest BCUT2D eigenvalue weighted by Gasteiger charge is 2.23. The maximum Gasteiger partial charge on any atom is 0.164 e. The number of rotatable bonds is 5. The average molecular weight is 691 g/mol. The van der Waals surface area contributed by atoms with Gasteiger partial charge in [-0.2, -0.15) is 0 Å². The summed E-state index contributed by atoms with van der Waals surface area (Å²) in [6.07, 6.45) is 0. The third-order valence-electron chi connectivity index (χ3n) is 10.4. The van der Waals surface area contributed by atoms with Crippen molar-refractivity contribution < 1.29 is 4.42 Å². The van der Waals surface area contributed by atoms with Crippen LogP contribution in [0, 0.1) is 0 Å². The minimum absolute atomic E-state index is 0.585. The quantitative estimate of drug-likeness (QED) is 0.180. The van der Waals surface area contributed by atoms with E-state index in [1.54, 1.807) is 0 Å². The van der Waals surface area contributed by atoms with Crippen LogP contribution >= 0.6 is 0 Å². The number of hydrogen-bond acceptors (Lipinski definition) is 4. The zero-order valence-electron chi connectivity index (χ0n) is 29.0. The zero-order valence-corrected chi connectivity index (χ0v) is 29.0. The van der Waals surface area contributed by atoms with Crippen molar-refractivity contribution in [2.24, 2.45) is 0 Å². The lowest BCUT2D eigenvalue weighted by Gasteiger charge is -2.14. The van der Waals surface area contributed by atoms with E-state index in [1.165, 1.54) is 21.5 Å². The molecule has 0 saturated carbocycles. The van der Waals surface area contributed by atoms with Gasteiger partial charge in [0.15, 0.2) is 17.5 Å². The lowest BCUT2D eigenvalue weighted by molar-refractivity contribution is 0.669. The summed E-state index contributed by atoms with van der Waals surface area (Å²) in [4.78, 5) is 15.3. The van der Waals surface area contributed by atoms with E-state index in [0.29, 0.717) is 17.5 Å². The van der Waals surface area contributed by atoms with Crippen LogP contribution in [0.1, 0.15) is 0 Å². The van der Waals surface area contributed by atoms with Crippen LogP contribution in [0.3, 0.4) is 0 Å². The summed E-state index contributed by atoms with van der Waals surface area (Å²) in [7, 11) is 0. The Balaban J connectivity index is 1.27. The monoisotopic (exact) mass is 690 g/mol. The van der Waals surface area contributed by atoms with Crippen LogP contribution in [0.25, 0.3) is 105 Å². The standard InChI is InChI=1S/C49H30N4O/c1-4-15-31(16-5-1)36-29-42(53-40-25-13-12-23-37(40)39-27-34-21-10-11-22-35(34)28-41(39)53)46-44(30-36)54-43-26-14-24-38(45(43)46)49-51-47(32-17-6-2-7-18-32)50-48(52-49)33-19-8-3-9-20-33/h1-30H. The van der Waals surface area contributed by atoms with Gasteiger partial charge in [-0.15, -0.1) is 0 Å². The third kappa shape index (κ3) is 4.83. The molecule has 0 aliphatic rings. The van der Waals surface area contributed by atoms with E-state index in [9.17, 15) is 0 Å². The molecule has 0 unspecified atom stereocenters. The lowest BCUT2D eigenvalue weighted by Crippen LogP contribution is -2.00. The van der Waals surface area contributed by atoms with Gasteiger partial charge in [-0.3, -0.25) is 0 Å². The Morgan fingerprint density at radius 3 is 1.67 bits per heavy atom. The van der Waals surface area contributed by atoms with Gasteiger partial charge in [0, 0.05) is 32.8 Å². The molecule has 0 radical (unpaired) electrons. The van der Waals surface area contributed by atoms with Gasteiger partial charge in [-0.25, -0.2) is 15.0 Å². The van der Waals surface area contributed by atoms with E-state index in [2.05, 4.69) is 114 Å². The molecule has 0 fully saturated rings. The molecule has 0 aliphatic carbocycles. The van der Waals surface area contributed by atoms with Gasteiger partial charge in [0.25, 0.3) is 0 Å². The Morgan fingerprint density at radius 1 is 0.370 bits per heavy atom. The second kappa shape index (κ2) is 12.1. The highest BCUT2D eigenvalue weighted by molar-refractivity contribution is 6.19. The van der Waals surface area contributed by atoms with Crippen LogP contribution in [0.4, 0.5) is 0 Å². The van der Waals surface area contributed by atoms with Crippen molar-refractivity contribution in [3.63, 3.8) is 0 Å². The summed E-state index contributed by atoms with van der Waals surface area (Å²) >= 11 is 0. The van der Waals surface area contributed by atoms with Crippen molar-refractivity contribution in [2.45, 2.75) is 0 Å². The van der Waals surface area contributed by atoms with Crippen molar-refractivity contribution in [1.29, 1.82) is 0 Å². The Hall–Kier alpha value is -7.37. The summed E-state index contributed by atoms with van der Waals surface area (Å²) in [6.45, 7) is 0. The second-order valence-corrected chi connectivity index (χ2v) is 13.6. The fourth-order valence-electron chi connectivity index (χ4n) is 7.93. The maximum absolute atomic E-state index is 6.86. The van der Waals surface area contributed by atoms with Crippen molar-refractivity contribution in [3.05, 3.63) is 182 Å². The normalized spacial score (nSPS) is 11.7. The molecule has 0 N–H and O–H groups in total. The molecule has 11 rings (SSSR count). The molecule has 252 valence electrons. The molecule has 0 spiro atoms. The molecule has 0 amide bonds. The van der Waals surface area contributed by atoms with Crippen LogP contribution in [0.15, 0.2) is 186 Å². The molecule has 11 aromatic rings. The van der Waals surface area contributed by atoms with E-state index in [1.807, 2.05) is 72.8 Å². The molecular weight excluding hydrogens is 661 g/mol. The number of benzene rings is 8. The fourth-order valence-corrected chi connectivity index (χ4v) is 7.93. The van der Waals surface area contributed by atoms with Crippen LogP contribution in [-0.2, 0) is 0 Å². The number of fused-ring (bicyclic) bond motifs is 7. The first-order valence-electron chi connectivity index (χ1n) is 18.1. The van der Waals surface area contributed by atoms with Crippen molar-refractivity contribution in [1.82, 2.24) is 19.5 Å². The molecule has 3 heterocycles. The highest BCUT2D eigenvalue weighted by atomic mass is 16.3. The molecule has 3 aromatic heterocycles. The Morgan fingerprint density at radius 2 is 0.963 bits per heavy atom. The number of aromatic nitrogens is 4. The Kier molecular flexibility index (Phi) is 6.79. The maximum atomic E-state index is 6.86. The molecule has 0 bridgehead atoms. The van der Waals surface area contributed by atoms with E-state index in [4.69, 9.17) is 19.4 Å². The molecule has 0 atom stereocenters. The molecule has 5 heteroatoms. The number of hydrogen-bond donors (Lipinski definition) is 0. The largest absolute Gasteiger partial charge is 0.456 e. The first kappa shape index (κ1) is 30.3. The van der Waals surface area contributed by atoms with Crippen LogP contribution in [0.2, 0.25) is 0 Å². The SMILES string of the molecule is c1ccc(-c2cc(-n3c4ccccc4c4cc5ccccc5cc43)c3c(c2)oc2cccc(-c4nc(-c5ccccc5)nc(-c5ccccc5)n4)c23)cc1.